The van der Waals surface area contributed by atoms with Crippen LogP contribution in [0.1, 0.15) is 29.2 Å². The van der Waals surface area contributed by atoms with E-state index < -0.39 is 0 Å². The third-order valence-corrected chi connectivity index (χ3v) is 4.05. The minimum Gasteiger partial charge on any atom is -0.313 e. The summed E-state index contributed by atoms with van der Waals surface area (Å²) in [4.78, 5) is 0. The fourth-order valence-electron chi connectivity index (χ4n) is 2.96. The molecule has 0 fully saturated rings. The zero-order valence-corrected chi connectivity index (χ0v) is 12.1. The normalized spacial score (nSPS) is 18.0. The van der Waals surface area contributed by atoms with Gasteiger partial charge in [-0.05, 0) is 54.8 Å². The molecule has 1 aliphatic heterocycles. The Bertz CT molecular complexity index is 597. The highest BCUT2D eigenvalue weighted by Crippen LogP contribution is 2.23. The topological polar surface area (TPSA) is 24.1 Å². The summed E-state index contributed by atoms with van der Waals surface area (Å²) in [5.41, 5.74) is 3.81. The molecular formula is C18H21FN2. The van der Waals surface area contributed by atoms with E-state index in [1.807, 2.05) is 6.07 Å². The first-order valence-electron chi connectivity index (χ1n) is 7.59. The Morgan fingerprint density at radius 1 is 1.14 bits per heavy atom. The van der Waals surface area contributed by atoms with Crippen molar-refractivity contribution < 1.29 is 4.39 Å². The summed E-state index contributed by atoms with van der Waals surface area (Å²) >= 11 is 0. The number of rotatable bonds is 4. The van der Waals surface area contributed by atoms with Crippen molar-refractivity contribution in [2.24, 2.45) is 0 Å². The van der Waals surface area contributed by atoms with E-state index in [4.69, 9.17) is 0 Å². The number of benzene rings is 2. The average molecular weight is 284 g/mol. The van der Waals surface area contributed by atoms with Crippen molar-refractivity contribution in [2.75, 3.05) is 13.1 Å². The molecule has 0 saturated heterocycles. The Hall–Kier alpha value is -1.71. The van der Waals surface area contributed by atoms with Gasteiger partial charge in [-0.2, -0.15) is 0 Å². The van der Waals surface area contributed by atoms with Crippen LogP contribution in [0.25, 0.3) is 0 Å². The maximum absolute atomic E-state index is 13.2. The van der Waals surface area contributed by atoms with Crippen molar-refractivity contribution >= 4 is 0 Å². The fourth-order valence-corrected chi connectivity index (χ4v) is 2.96. The summed E-state index contributed by atoms with van der Waals surface area (Å²) < 4.78 is 13.2. The second-order valence-corrected chi connectivity index (χ2v) is 5.55. The van der Waals surface area contributed by atoms with Gasteiger partial charge in [0, 0.05) is 12.6 Å². The number of hydrogen-bond donors (Lipinski definition) is 2. The van der Waals surface area contributed by atoms with Gasteiger partial charge in [-0.15, -0.1) is 0 Å². The zero-order chi connectivity index (χ0) is 14.5. The van der Waals surface area contributed by atoms with Gasteiger partial charge in [0.2, 0.25) is 0 Å². The Morgan fingerprint density at radius 2 is 2.05 bits per heavy atom. The molecule has 2 nitrogen and oxygen atoms in total. The number of hydrogen-bond acceptors (Lipinski definition) is 2. The SMILES string of the molecule is Fc1cccc(CCNC2CCNCc3ccccc32)c1. The van der Waals surface area contributed by atoms with E-state index in [-0.39, 0.29) is 5.82 Å². The Balaban J connectivity index is 1.62. The molecule has 0 radical (unpaired) electrons. The molecule has 0 spiro atoms. The molecule has 3 heteroatoms. The van der Waals surface area contributed by atoms with Crippen LogP contribution in [0.4, 0.5) is 4.39 Å². The van der Waals surface area contributed by atoms with Gasteiger partial charge in [-0.1, -0.05) is 36.4 Å². The maximum Gasteiger partial charge on any atom is 0.123 e. The first-order valence-corrected chi connectivity index (χ1v) is 7.59. The number of fused-ring (bicyclic) bond motifs is 1. The molecule has 0 aromatic heterocycles. The van der Waals surface area contributed by atoms with Crippen molar-refractivity contribution in [1.82, 2.24) is 10.6 Å². The van der Waals surface area contributed by atoms with Gasteiger partial charge in [0.15, 0.2) is 0 Å². The summed E-state index contributed by atoms with van der Waals surface area (Å²) in [7, 11) is 0. The first kappa shape index (κ1) is 14.2. The van der Waals surface area contributed by atoms with Crippen LogP contribution in [0.5, 0.6) is 0 Å². The molecule has 3 rings (SSSR count). The monoisotopic (exact) mass is 284 g/mol. The van der Waals surface area contributed by atoms with Gasteiger partial charge in [0.1, 0.15) is 5.82 Å². The van der Waals surface area contributed by atoms with Crippen LogP contribution in [-0.2, 0) is 13.0 Å². The van der Waals surface area contributed by atoms with E-state index in [9.17, 15) is 4.39 Å². The molecule has 1 heterocycles. The summed E-state index contributed by atoms with van der Waals surface area (Å²) in [6, 6.07) is 15.8. The maximum atomic E-state index is 13.2. The van der Waals surface area contributed by atoms with E-state index in [2.05, 4.69) is 34.9 Å². The molecule has 0 aliphatic carbocycles. The molecule has 0 saturated carbocycles. The average Bonchev–Trinajstić information content (AvgIpc) is 2.70. The highest BCUT2D eigenvalue weighted by molar-refractivity contribution is 5.31. The van der Waals surface area contributed by atoms with E-state index in [1.165, 1.54) is 17.2 Å². The first-order chi connectivity index (χ1) is 10.3. The fraction of sp³-hybridized carbons (Fsp3) is 0.333. The lowest BCUT2D eigenvalue weighted by Gasteiger charge is -2.19. The second kappa shape index (κ2) is 6.83. The third-order valence-electron chi connectivity index (χ3n) is 4.05. The van der Waals surface area contributed by atoms with E-state index in [1.54, 1.807) is 12.1 Å². The van der Waals surface area contributed by atoms with Crippen molar-refractivity contribution in [1.29, 1.82) is 0 Å². The van der Waals surface area contributed by atoms with E-state index in [0.29, 0.717) is 6.04 Å². The largest absolute Gasteiger partial charge is 0.313 e. The summed E-state index contributed by atoms with van der Waals surface area (Å²) in [5, 5.41) is 7.08. The van der Waals surface area contributed by atoms with Crippen molar-refractivity contribution in [3.8, 4) is 0 Å². The highest BCUT2D eigenvalue weighted by Gasteiger charge is 2.16. The summed E-state index contributed by atoms with van der Waals surface area (Å²) in [5.74, 6) is -0.156. The van der Waals surface area contributed by atoms with Gasteiger partial charge in [-0.3, -0.25) is 0 Å². The van der Waals surface area contributed by atoms with E-state index in [0.717, 1.165) is 38.0 Å². The molecule has 2 N–H and O–H groups in total. The van der Waals surface area contributed by atoms with Crippen molar-refractivity contribution in [2.45, 2.75) is 25.4 Å². The van der Waals surface area contributed by atoms with Gasteiger partial charge < -0.3 is 10.6 Å². The minimum absolute atomic E-state index is 0.156. The molecule has 1 unspecified atom stereocenters. The lowest BCUT2D eigenvalue weighted by atomic mass is 9.99. The van der Waals surface area contributed by atoms with Crippen LogP contribution in [0.3, 0.4) is 0 Å². The quantitative estimate of drug-likeness (QED) is 0.901. The lowest BCUT2D eigenvalue weighted by molar-refractivity contribution is 0.499. The zero-order valence-electron chi connectivity index (χ0n) is 12.1. The summed E-state index contributed by atoms with van der Waals surface area (Å²) in [6.07, 6.45) is 1.93. The number of nitrogens with one attached hydrogen (secondary N) is 2. The van der Waals surface area contributed by atoms with Crippen LogP contribution in [0.2, 0.25) is 0 Å². The van der Waals surface area contributed by atoms with Gasteiger partial charge >= 0.3 is 0 Å². The minimum atomic E-state index is -0.156. The van der Waals surface area contributed by atoms with Gasteiger partial charge in [0.25, 0.3) is 0 Å². The molecular weight excluding hydrogens is 263 g/mol. The Labute approximate surface area is 125 Å². The predicted molar refractivity (Wildman–Crippen MR) is 83.6 cm³/mol. The molecule has 2 aromatic carbocycles. The van der Waals surface area contributed by atoms with Crippen molar-refractivity contribution in [3.05, 3.63) is 71.0 Å². The van der Waals surface area contributed by atoms with E-state index >= 15 is 0 Å². The molecule has 21 heavy (non-hydrogen) atoms. The predicted octanol–water partition coefficient (Wildman–Crippen LogP) is 3.19. The van der Waals surface area contributed by atoms with Crippen molar-refractivity contribution in [3.63, 3.8) is 0 Å². The van der Waals surface area contributed by atoms with Crippen LogP contribution in [-0.4, -0.2) is 13.1 Å². The second-order valence-electron chi connectivity index (χ2n) is 5.55. The molecule has 2 aromatic rings. The van der Waals surface area contributed by atoms with Crippen LogP contribution < -0.4 is 10.6 Å². The molecule has 0 amide bonds. The Kier molecular flexibility index (Phi) is 4.63. The lowest BCUT2D eigenvalue weighted by Crippen LogP contribution is -2.25. The molecule has 1 aliphatic rings. The molecule has 1 atom stereocenters. The highest BCUT2D eigenvalue weighted by atomic mass is 19.1. The standard InChI is InChI=1S/C18H21FN2/c19-16-6-3-4-14(12-16)8-11-21-18-9-10-20-13-15-5-1-2-7-17(15)18/h1-7,12,18,20-21H,8-11,13H2. The van der Waals surface area contributed by atoms with Crippen LogP contribution in [0, 0.1) is 5.82 Å². The van der Waals surface area contributed by atoms with Crippen LogP contribution >= 0.6 is 0 Å². The van der Waals surface area contributed by atoms with Gasteiger partial charge in [0.05, 0.1) is 0 Å². The smallest absolute Gasteiger partial charge is 0.123 e. The molecule has 0 bridgehead atoms. The number of halogens is 1. The van der Waals surface area contributed by atoms with Crippen LogP contribution in [0.15, 0.2) is 48.5 Å². The third kappa shape index (κ3) is 3.69. The molecule has 110 valence electrons. The summed E-state index contributed by atoms with van der Waals surface area (Å²) in [6.45, 7) is 2.83. The van der Waals surface area contributed by atoms with Gasteiger partial charge in [-0.25, -0.2) is 4.39 Å². The Morgan fingerprint density at radius 3 is 2.95 bits per heavy atom.